The van der Waals surface area contributed by atoms with Gasteiger partial charge in [0.05, 0.1) is 39.9 Å². The van der Waals surface area contributed by atoms with Gasteiger partial charge in [0.1, 0.15) is 13.2 Å². The maximum Gasteiger partial charge on any atom is 0.268 e. The fourth-order valence-electron chi connectivity index (χ4n) is 9.45. The van der Waals surface area contributed by atoms with Crippen LogP contribution in [-0.4, -0.2) is 68.5 Å². The first kappa shape index (κ1) is 68.2. The van der Waals surface area contributed by atoms with Crippen LogP contribution in [-0.2, 0) is 18.4 Å². The summed E-state index contributed by atoms with van der Waals surface area (Å²) >= 11 is 0. The Hall–Kier alpha value is -0.760. The molecule has 0 saturated carbocycles. The number of amides is 1. The number of rotatable bonds is 57. The van der Waals surface area contributed by atoms with Gasteiger partial charge in [-0.1, -0.05) is 283 Å². The van der Waals surface area contributed by atoms with Crippen molar-refractivity contribution < 1.29 is 32.9 Å². The van der Waals surface area contributed by atoms with Crippen LogP contribution in [0.3, 0.4) is 0 Å². The van der Waals surface area contributed by atoms with E-state index in [4.69, 9.17) is 9.05 Å². The number of nitrogens with zero attached hydrogens (tertiary/aromatic N) is 1. The van der Waals surface area contributed by atoms with Gasteiger partial charge < -0.3 is 28.8 Å². The number of allylic oxidation sites excluding steroid dienone is 2. The van der Waals surface area contributed by atoms with E-state index in [2.05, 4.69) is 31.3 Å². The van der Waals surface area contributed by atoms with Gasteiger partial charge in [-0.15, -0.1) is 0 Å². The van der Waals surface area contributed by atoms with Crippen molar-refractivity contribution >= 4 is 13.7 Å². The summed E-state index contributed by atoms with van der Waals surface area (Å²) in [6, 6.07) is -0.796. The van der Waals surface area contributed by atoms with Crippen molar-refractivity contribution in [1.29, 1.82) is 0 Å². The summed E-state index contributed by atoms with van der Waals surface area (Å²) in [6.07, 6.45) is 64.1. The second-order valence-electron chi connectivity index (χ2n) is 22.4. The topological polar surface area (TPSA) is 108 Å². The first-order chi connectivity index (χ1) is 33.5. The number of unbranched alkanes of at least 4 members (excludes halogenated alkanes) is 42. The van der Waals surface area contributed by atoms with Crippen molar-refractivity contribution in [2.75, 3.05) is 40.9 Å². The maximum atomic E-state index is 13.0. The van der Waals surface area contributed by atoms with Crippen LogP contribution in [0.15, 0.2) is 12.2 Å². The van der Waals surface area contributed by atoms with Gasteiger partial charge in [0.2, 0.25) is 5.91 Å². The zero-order valence-electron chi connectivity index (χ0n) is 47.0. The number of aliphatic hydroxyl groups excluding tert-OH is 1. The van der Waals surface area contributed by atoms with E-state index in [9.17, 15) is 19.4 Å². The van der Waals surface area contributed by atoms with Crippen molar-refractivity contribution in [1.82, 2.24) is 5.32 Å². The molecule has 0 aromatic carbocycles. The summed E-state index contributed by atoms with van der Waals surface area (Å²) in [7, 11) is 1.32. The Morgan fingerprint density at radius 3 is 1.13 bits per heavy atom. The van der Waals surface area contributed by atoms with Gasteiger partial charge in [-0.25, -0.2) is 0 Å². The highest BCUT2D eigenvalue weighted by Gasteiger charge is 2.24. The second kappa shape index (κ2) is 52.1. The molecule has 0 aromatic heterocycles. The lowest BCUT2D eigenvalue weighted by Crippen LogP contribution is -2.46. The summed E-state index contributed by atoms with van der Waals surface area (Å²) in [4.78, 5) is 25.5. The Labute approximate surface area is 431 Å². The van der Waals surface area contributed by atoms with Gasteiger partial charge >= 0.3 is 0 Å². The first-order valence-corrected chi connectivity index (χ1v) is 32.0. The van der Waals surface area contributed by atoms with Crippen molar-refractivity contribution in [3.63, 3.8) is 0 Å². The van der Waals surface area contributed by atoms with E-state index in [1.54, 1.807) is 0 Å². The molecule has 0 bridgehead atoms. The van der Waals surface area contributed by atoms with E-state index in [0.717, 1.165) is 38.5 Å². The van der Waals surface area contributed by atoms with E-state index < -0.39 is 20.0 Å². The molecule has 0 saturated heterocycles. The quantitative estimate of drug-likeness (QED) is 0.0272. The van der Waals surface area contributed by atoms with E-state index in [-0.39, 0.29) is 19.1 Å². The fourth-order valence-corrected chi connectivity index (χ4v) is 10.2. The molecule has 0 aliphatic carbocycles. The number of carbonyl (C=O) groups is 1. The molecule has 3 atom stereocenters. The Bertz CT molecular complexity index is 1130. The number of nitrogens with one attached hydrogen (secondary N) is 1. The molecule has 0 aliphatic heterocycles. The van der Waals surface area contributed by atoms with Crippen molar-refractivity contribution in [2.24, 2.45) is 0 Å². The molecule has 0 rings (SSSR count). The minimum atomic E-state index is -4.57. The van der Waals surface area contributed by atoms with Gasteiger partial charge in [0.25, 0.3) is 7.82 Å². The molecule has 0 spiro atoms. The summed E-state index contributed by atoms with van der Waals surface area (Å²) in [5.41, 5.74) is 0. The third-order valence-electron chi connectivity index (χ3n) is 14.3. The molecular formula is C60H121N2O6P. The maximum absolute atomic E-state index is 13.0. The van der Waals surface area contributed by atoms with Crippen LogP contribution >= 0.6 is 7.82 Å². The number of phosphoric ester groups is 1. The van der Waals surface area contributed by atoms with Gasteiger partial charge in [-0.2, -0.15) is 0 Å². The van der Waals surface area contributed by atoms with Crippen LogP contribution in [0, 0.1) is 0 Å². The van der Waals surface area contributed by atoms with Gasteiger partial charge in [-0.05, 0) is 38.5 Å². The van der Waals surface area contributed by atoms with Crippen molar-refractivity contribution in [3.8, 4) is 0 Å². The number of phosphoric acid groups is 1. The van der Waals surface area contributed by atoms with Crippen molar-refractivity contribution in [3.05, 3.63) is 12.2 Å². The molecule has 3 unspecified atom stereocenters. The third kappa shape index (κ3) is 54.8. The minimum absolute atomic E-state index is 0.0156. The lowest BCUT2D eigenvalue weighted by Gasteiger charge is -2.30. The molecule has 0 aromatic rings. The highest BCUT2D eigenvalue weighted by atomic mass is 31.2. The van der Waals surface area contributed by atoms with Crippen LogP contribution < -0.4 is 10.2 Å². The molecule has 0 aliphatic rings. The summed E-state index contributed by atoms with van der Waals surface area (Å²) in [5.74, 6) is -0.158. The van der Waals surface area contributed by atoms with Crippen LogP contribution in [0.5, 0.6) is 0 Å². The van der Waals surface area contributed by atoms with E-state index in [0.29, 0.717) is 23.9 Å². The molecule has 69 heavy (non-hydrogen) atoms. The summed E-state index contributed by atoms with van der Waals surface area (Å²) in [5, 5.41) is 14.0. The predicted molar refractivity (Wildman–Crippen MR) is 298 cm³/mol. The monoisotopic (exact) mass is 997 g/mol. The highest BCUT2D eigenvalue weighted by Crippen LogP contribution is 2.38. The first-order valence-electron chi connectivity index (χ1n) is 30.5. The summed E-state index contributed by atoms with van der Waals surface area (Å²) < 4.78 is 23.4. The highest BCUT2D eigenvalue weighted by molar-refractivity contribution is 7.45. The van der Waals surface area contributed by atoms with Crippen molar-refractivity contribution in [2.45, 2.75) is 328 Å². The zero-order valence-corrected chi connectivity index (χ0v) is 47.9. The number of quaternary nitrogens is 1. The second-order valence-corrected chi connectivity index (χ2v) is 23.8. The average molecular weight is 998 g/mol. The Morgan fingerprint density at radius 2 is 0.797 bits per heavy atom. The molecule has 0 heterocycles. The van der Waals surface area contributed by atoms with Crippen LogP contribution in [0.2, 0.25) is 0 Å². The SMILES string of the molecule is CCCCCCCCCC/C=C\CCCCCCCCCCCCCCCCCCCCCCCC(=O)NC(COP(=O)([O-])OCC[N+](C)(C)C)C(O)CCCCCCCCCCCCCCCC. The number of likely N-dealkylation sites (N-methyl/N-ethyl adjacent to an activating group) is 1. The molecule has 2 N–H and O–H groups in total. The molecule has 0 radical (unpaired) electrons. The average Bonchev–Trinajstić information content (AvgIpc) is 3.31. The number of carbonyl (C=O) groups excluding carboxylic acids is 1. The van der Waals surface area contributed by atoms with Gasteiger partial charge in [-0.3, -0.25) is 9.36 Å². The lowest BCUT2D eigenvalue weighted by molar-refractivity contribution is -0.870. The Morgan fingerprint density at radius 1 is 0.493 bits per heavy atom. The fraction of sp³-hybridized carbons (Fsp3) is 0.950. The number of hydrogen-bond acceptors (Lipinski definition) is 6. The molecule has 9 heteroatoms. The predicted octanol–water partition coefficient (Wildman–Crippen LogP) is 18.0. The van der Waals surface area contributed by atoms with Crippen LogP contribution in [0.25, 0.3) is 0 Å². The van der Waals surface area contributed by atoms with Crippen LogP contribution in [0.4, 0.5) is 0 Å². The minimum Gasteiger partial charge on any atom is -0.756 e. The van der Waals surface area contributed by atoms with E-state index >= 15 is 0 Å². The van der Waals surface area contributed by atoms with E-state index in [1.165, 1.54) is 250 Å². The standard InChI is InChI=1S/C60H121N2O6P/c1-6-8-10-12-14-16-18-20-22-23-24-25-26-27-28-29-30-31-32-33-34-35-36-37-38-39-40-42-44-46-48-50-52-54-60(64)61-58(57-68-69(65,66)67-56-55-62(3,4)5)59(63)53-51-49-47-45-43-41-21-19-17-15-13-11-9-7-2/h23-24,58-59,63H,6-22,25-57H2,1-5H3,(H-,61,64,65,66)/b24-23-. The van der Waals surface area contributed by atoms with Gasteiger partial charge in [0, 0.05) is 6.42 Å². The molecular weight excluding hydrogens is 876 g/mol. The van der Waals surface area contributed by atoms with Crippen LogP contribution in [0.1, 0.15) is 316 Å². The molecule has 1 amide bonds. The Balaban J connectivity index is 3.94. The normalized spacial score (nSPS) is 13.9. The van der Waals surface area contributed by atoms with E-state index in [1.807, 2.05) is 21.1 Å². The largest absolute Gasteiger partial charge is 0.756 e. The molecule has 8 nitrogen and oxygen atoms in total. The molecule has 0 fully saturated rings. The summed E-state index contributed by atoms with van der Waals surface area (Å²) in [6.45, 7) is 4.76. The smallest absolute Gasteiger partial charge is 0.268 e. The number of aliphatic hydroxyl groups is 1. The third-order valence-corrected chi connectivity index (χ3v) is 15.2. The zero-order chi connectivity index (χ0) is 50.6. The lowest BCUT2D eigenvalue weighted by atomic mass is 10.0. The van der Waals surface area contributed by atoms with Gasteiger partial charge in [0.15, 0.2) is 0 Å². The Kier molecular flexibility index (Phi) is 51.5. The molecule has 412 valence electrons. The number of hydrogen-bond donors (Lipinski definition) is 2.